The molecule has 5 heteroatoms. The largest absolute Gasteiger partial charge is 0.487 e. The van der Waals surface area contributed by atoms with Gasteiger partial charge in [0.25, 0.3) is 0 Å². The molecule has 1 aromatic rings. The van der Waals surface area contributed by atoms with Gasteiger partial charge in [0.2, 0.25) is 0 Å². The number of carbonyl (C=O) groups excluding carboxylic acids is 1. The highest BCUT2D eigenvalue weighted by Crippen LogP contribution is 2.22. The summed E-state index contributed by atoms with van der Waals surface area (Å²) < 4.78 is 36.2. The summed E-state index contributed by atoms with van der Waals surface area (Å²) in [7, 11) is 0. The van der Waals surface area contributed by atoms with Crippen molar-refractivity contribution < 1.29 is 23.0 Å². The second-order valence-electron chi connectivity index (χ2n) is 4.01. The second-order valence-corrected chi connectivity index (χ2v) is 4.01. The molecule has 0 aromatic heterocycles. The van der Waals surface area contributed by atoms with Gasteiger partial charge in [-0.2, -0.15) is 0 Å². The van der Waals surface area contributed by atoms with Gasteiger partial charge in [-0.25, -0.2) is 13.6 Å². The minimum absolute atomic E-state index is 0.0494. The number of carbonyl (C=O) groups is 1. The van der Waals surface area contributed by atoms with Crippen molar-refractivity contribution in [3.8, 4) is 0 Å². The summed E-state index contributed by atoms with van der Waals surface area (Å²) in [5.74, 6) is -2.00. The van der Waals surface area contributed by atoms with Crippen molar-refractivity contribution in [1.29, 1.82) is 0 Å². The Morgan fingerprint density at radius 3 is 2.27 bits per heavy atom. The van der Waals surface area contributed by atoms with E-state index < -0.39 is 23.7 Å². The summed E-state index contributed by atoms with van der Waals surface area (Å²) in [5.41, 5.74) is 0.632. The molecule has 1 rings (SSSR count). The molecular weight excluding hydrogens is 290 g/mol. The van der Waals surface area contributed by atoms with E-state index in [1.54, 1.807) is 6.92 Å². The third-order valence-electron chi connectivity index (χ3n) is 2.51. The van der Waals surface area contributed by atoms with Crippen LogP contribution < -0.4 is 0 Å². The Balaban J connectivity index is 0.00000211. The van der Waals surface area contributed by atoms with Crippen LogP contribution in [0.4, 0.5) is 8.78 Å². The first-order chi connectivity index (χ1) is 10.5. The topological polar surface area (TPSA) is 35.5 Å². The fraction of sp³-hybridized carbons (Fsp3) is 0.353. The number of hydrogen-bond donors (Lipinski definition) is 0. The Morgan fingerprint density at radius 2 is 1.82 bits per heavy atom. The molecule has 1 unspecified atom stereocenters. The van der Waals surface area contributed by atoms with E-state index in [4.69, 9.17) is 9.47 Å². The Bertz CT molecular complexity index is 492. The summed E-state index contributed by atoms with van der Waals surface area (Å²) in [6, 6.07) is 3.04. The number of hydrogen-bond acceptors (Lipinski definition) is 3. The van der Waals surface area contributed by atoms with Gasteiger partial charge in [-0.1, -0.05) is 27.0 Å². The van der Waals surface area contributed by atoms with Crippen LogP contribution in [0.15, 0.2) is 37.6 Å². The first-order valence-electron chi connectivity index (χ1n) is 7.05. The van der Waals surface area contributed by atoms with E-state index in [9.17, 15) is 13.6 Å². The maximum Gasteiger partial charge on any atom is 0.347 e. The molecule has 0 N–H and O–H groups in total. The highest BCUT2D eigenvalue weighted by atomic mass is 19.1. The average molecular weight is 312 g/mol. The Hall–Kier alpha value is -2.17. The zero-order chi connectivity index (χ0) is 17.1. The Kier molecular flexibility index (Phi) is 9.50. The van der Waals surface area contributed by atoms with E-state index >= 15 is 0 Å². The number of esters is 1. The van der Waals surface area contributed by atoms with E-state index in [-0.39, 0.29) is 18.6 Å². The zero-order valence-electron chi connectivity index (χ0n) is 13.2. The van der Waals surface area contributed by atoms with Gasteiger partial charge in [-0.15, -0.1) is 0 Å². The molecule has 22 heavy (non-hydrogen) atoms. The van der Waals surface area contributed by atoms with Gasteiger partial charge < -0.3 is 9.47 Å². The van der Waals surface area contributed by atoms with Crippen LogP contribution in [0.5, 0.6) is 0 Å². The lowest BCUT2D eigenvalue weighted by Gasteiger charge is -2.16. The summed E-state index contributed by atoms with van der Waals surface area (Å²) in [6.45, 7) is 13.0. The van der Waals surface area contributed by atoms with Gasteiger partial charge in [-0.3, -0.25) is 0 Å². The van der Waals surface area contributed by atoms with Crippen molar-refractivity contribution in [3.05, 3.63) is 54.8 Å². The molecule has 0 aliphatic rings. The van der Waals surface area contributed by atoms with Crippen molar-refractivity contribution in [2.45, 2.75) is 33.3 Å². The fourth-order valence-corrected chi connectivity index (χ4v) is 1.64. The predicted octanol–water partition coefficient (Wildman–Crippen LogP) is 4.49. The third kappa shape index (κ3) is 6.52. The van der Waals surface area contributed by atoms with Crippen molar-refractivity contribution in [2.75, 3.05) is 6.61 Å². The molecule has 0 amide bonds. The summed E-state index contributed by atoms with van der Waals surface area (Å²) in [6.07, 6.45) is 0.223. The average Bonchev–Trinajstić information content (AvgIpc) is 2.48. The summed E-state index contributed by atoms with van der Waals surface area (Å²) >= 11 is 0. The van der Waals surface area contributed by atoms with E-state index in [1.165, 1.54) is 0 Å². The second kappa shape index (κ2) is 10.5. The predicted molar refractivity (Wildman–Crippen MR) is 83.1 cm³/mol. The molecule has 0 saturated carbocycles. The van der Waals surface area contributed by atoms with Gasteiger partial charge in [-0.05, 0) is 30.2 Å². The number of rotatable bonds is 7. The Morgan fingerprint density at radius 1 is 1.27 bits per heavy atom. The Labute approximate surface area is 130 Å². The van der Waals surface area contributed by atoms with Crippen molar-refractivity contribution in [1.82, 2.24) is 0 Å². The van der Waals surface area contributed by atoms with Crippen LogP contribution in [-0.4, -0.2) is 18.7 Å². The smallest absolute Gasteiger partial charge is 0.347 e. The van der Waals surface area contributed by atoms with Crippen LogP contribution in [0.25, 0.3) is 5.57 Å². The SMILES string of the molecule is C=COC(CC(=C)c1cc(F)cc(F)c1)C(=O)OCC.CC. The molecule has 0 radical (unpaired) electrons. The van der Waals surface area contributed by atoms with Crippen LogP contribution in [0.2, 0.25) is 0 Å². The van der Waals surface area contributed by atoms with Gasteiger partial charge in [0.15, 0.2) is 6.10 Å². The molecule has 3 nitrogen and oxygen atoms in total. The molecule has 122 valence electrons. The fourth-order valence-electron chi connectivity index (χ4n) is 1.64. The van der Waals surface area contributed by atoms with Crippen molar-refractivity contribution in [2.24, 2.45) is 0 Å². The molecule has 0 heterocycles. The minimum atomic E-state index is -0.939. The minimum Gasteiger partial charge on any atom is -0.487 e. The van der Waals surface area contributed by atoms with Gasteiger partial charge >= 0.3 is 5.97 Å². The highest BCUT2D eigenvalue weighted by molar-refractivity contribution is 5.78. The lowest BCUT2D eigenvalue weighted by Crippen LogP contribution is -2.25. The first kappa shape index (κ1) is 19.8. The molecular formula is C17H22F2O3. The lowest BCUT2D eigenvalue weighted by atomic mass is 10.0. The van der Waals surface area contributed by atoms with Crippen LogP contribution in [-0.2, 0) is 14.3 Å². The molecule has 1 atom stereocenters. The lowest BCUT2D eigenvalue weighted by molar-refractivity contribution is -0.153. The van der Waals surface area contributed by atoms with Gasteiger partial charge in [0.1, 0.15) is 11.6 Å². The molecule has 0 saturated heterocycles. The molecule has 0 fully saturated rings. The molecule has 0 bridgehead atoms. The highest BCUT2D eigenvalue weighted by Gasteiger charge is 2.22. The molecule has 0 aliphatic heterocycles. The van der Waals surface area contributed by atoms with E-state index in [1.807, 2.05) is 13.8 Å². The third-order valence-corrected chi connectivity index (χ3v) is 2.51. The number of halogens is 2. The molecule has 0 aliphatic carbocycles. The van der Waals surface area contributed by atoms with Crippen LogP contribution in [0.3, 0.4) is 0 Å². The maximum absolute atomic E-state index is 13.1. The molecule has 1 aromatic carbocycles. The quantitative estimate of drug-likeness (QED) is 0.550. The van der Waals surface area contributed by atoms with Crippen molar-refractivity contribution in [3.63, 3.8) is 0 Å². The van der Waals surface area contributed by atoms with E-state index in [2.05, 4.69) is 13.2 Å². The van der Waals surface area contributed by atoms with Crippen LogP contribution in [0, 0.1) is 11.6 Å². The monoisotopic (exact) mass is 312 g/mol. The van der Waals surface area contributed by atoms with Gasteiger partial charge in [0, 0.05) is 12.5 Å². The summed E-state index contributed by atoms with van der Waals surface area (Å²) in [4.78, 5) is 11.6. The van der Waals surface area contributed by atoms with Crippen LogP contribution in [0.1, 0.15) is 32.8 Å². The number of benzene rings is 1. The number of ether oxygens (including phenoxy) is 2. The van der Waals surface area contributed by atoms with Gasteiger partial charge in [0.05, 0.1) is 12.9 Å². The van der Waals surface area contributed by atoms with Crippen LogP contribution >= 0.6 is 0 Å². The standard InChI is InChI=1S/C15H16F2O3.C2H6/c1-4-19-14(15(18)20-5-2)6-10(3)11-7-12(16)9-13(17)8-11;1-2/h4,7-9,14H,1,3,5-6H2,2H3;1-2H3. The zero-order valence-corrected chi connectivity index (χ0v) is 13.2. The molecule has 0 spiro atoms. The van der Waals surface area contributed by atoms with Crippen molar-refractivity contribution >= 4 is 11.5 Å². The summed E-state index contributed by atoms with van der Waals surface area (Å²) in [5, 5.41) is 0. The van der Waals surface area contributed by atoms with E-state index in [0.29, 0.717) is 5.57 Å². The van der Waals surface area contributed by atoms with E-state index in [0.717, 1.165) is 24.5 Å². The maximum atomic E-state index is 13.1. The normalized spacial score (nSPS) is 10.8. The first-order valence-corrected chi connectivity index (χ1v) is 7.05.